The summed E-state index contributed by atoms with van der Waals surface area (Å²) in [6.45, 7) is -2.95. The molecule has 0 aliphatic rings. The number of amides is 1. The zero-order chi connectivity index (χ0) is 18.4. The average Bonchev–Trinajstić information content (AvgIpc) is 3.17. The number of para-hydroxylation sites is 1. The van der Waals surface area contributed by atoms with E-state index in [9.17, 15) is 13.6 Å². The summed E-state index contributed by atoms with van der Waals surface area (Å²) < 4.78 is 30.5. The van der Waals surface area contributed by atoms with E-state index < -0.39 is 12.5 Å². The van der Waals surface area contributed by atoms with Crippen LogP contribution in [0.15, 0.2) is 60.0 Å². The van der Waals surface area contributed by atoms with Gasteiger partial charge in [0.1, 0.15) is 12.1 Å². The molecule has 8 nitrogen and oxygen atoms in total. The van der Waals surface area contributed by atoms with Crippen LogP contribution < -0.4 is 10.2 Å². The lowest BCUT2D eigenvalue weighted by Crippen LogP contribution is -2.17. The second-order valence-corrected chi connectivity index (χ2v) is 4.92. The molecular formula is C16H12F2N6O2. The Morgan fingerprint density at radius 2 is 1.96 bits per heavy atom. The average molecular weight is 358 g/mol. The van der Waals surface area contributed by atoms with Gasteiger partial charge in [-0.15, -0.1) is 5.10 Å². The highest BCUT2D eigenvalue weighted by molar-refractivity contribution is 5.95. The summed E-state index contributed by atoms with van der Waals surface area (Å²) in [5.41, 5.74) is 3.68. The highest BCUT2D eigenvalue weighted by Crippen LogP contribution is 2.18. The number of tetrazole rings is 1. The first-order chi connectivity index (χ1) is 12.6. The van der Waals surface area contributed by atoms with Crippen LogP contribution in [0.1, 0.15) is 15.9 Å². The van der Waals surface area contributed by atoms with E-state index in [0.717, 1.165) is 0 Å². The van der Waals surface area contributed by atoms with Gasteiger partial charge in [0.15, 0.2) is 0 Å². The van der Waals surface area contributed by atoms with Gasteiger partial charge in [-0.25, -0.2) is 10.1 Å². The van der Waals surface area contributed by atoms with Crippen LogP contribution in [0.2, 0.25) is 0 Å². The third-order valence-corrected chi connectivity index (χ3v) is 3.25. The van der Waals surface area contributed by atoms with Crippen molar-refractivity contribution >= 4 is 12.1 Å². The molecule has 1 N–H and O–H groups in total. The molecule has 1 aromatic heterocycles. The van der Waals surface area contributed by atoms with Gasteiger partial charge in [0, 0.05) is 11.1 Å². The lowest BCUT2D eigenvalue weighted by atomic mass is 10.2. The van der Waals surface area contributed by atoms with E-state index in [1.54, 1.807) is 36.4 Å². The van der Waals surface area contributed by atoms with Crippen molar-refractivity contribution in [2.45, 2.75) is 6.61 Å². The Morgan fingerprint density at radius 1 is 1.19 bits per heavy atom. The summed E-state index contributed by atoms with van der Waals surface area (Å²) in [7, 11) is 0. The molecule has 0 aliphatic heterocycles. The Balaban J connectivity index is 1.65. The van der Waals surface area contributed by atoms with Gasteiger partial charge in [0.2, 0.25) is 0 Å². The van der Waals surface area contributed by atoms with Gasteiger partial charge in [-0.1, -0.05) is 12.1 Å². The maximum absolute atomic E-state index is 12.4. The van der Waals surface area contributed by atoms with Gasteiger partial charge in [-0.3, -0.25) is 4.79 Å². The van der Waals surface area contributed by atoms with Gasteiger partial charge < -0.3 is 4.74 Å². The predicted molar refractivity (Wildman–Crippen MR) is 87.3 cm³/mol. The molecule has 2 aromatic carbocycles. The third-order valence-electron chi connectivity index (χ3n) is 3.25. The molecule has 26 heavy (non-hydrogen) atoms. The molecule has 0 atom stereocenters. The Bertz CT molecular complexity index is 897. The second-order valence-electron chi connectivity index (χ2n) is 4.92. The molecule has 0 unspecified atom stereocenters. The fourth-order valence-electron chi connectivity index (χ4n) is 2.06. The zero-order valence-electron chi connectivity index (χ0n) is 13.2. The topological polar surface area (TPSA) is 94.3 Å². The molecule has 10 heteroatoms. The number of nitrogens with one attached hydrogen (secondary N) is 1. The minimum atomic E-state index is -2.95. The van der Waals surface area contributed by atoms with Gasteiger partial charge in [-0.05, 0) is 46.8 Å². The summed E-state index contributed by atoms with van der Waals surface area (Å²) in [5, 5.41) is 14.6. The third kappa shape index (κ3) is 4.23. The molecule has 0 radical (unpaired) electrons. The van der Waals surface area contributed by atoms with Crippen LogP contribution in [0.3, 0.4) is 0 Å². The van der Waals surface area contributed by atoms with Crippen molar-refractivity contribution in [3.05, 3.63) is 66.0 Å². The van der Waals surface area contributed by atoms with Crippen molar-refractivity contribution in [1.29, 1.82) is 0 Å². The molecule has 0 fully saturated rings. The number of hydrogen-bond acceptors (Lipinski definition) is 6. The molecule has 132 valence electrons. The van der Waals surface area contributed by atoms with Crippen molar-refractivity contribution in [2.24, 2.45) is 5.10 Å². The first-order valence-corrected chi connectivity index (χ1v) is 7.34. The molecule has 0 aliphatic carbocycles. The highest BCUT2D eigenvalue weighted by Gasteiger charge is 2.08. The number of ether oxygens (including phenoxy) is 1. The van der Waals surface area contributed by atoms with Crippen molar-refractivity contribution in [1.82, 2.24) is 25.6 Å². The largest absolute Gasteiger partial charge is 0.434 e. The minimum absolute atomic E-state index is 0.0358. The number of rotatable bonds is 6. The van der Waals surface area contributed by atoms with E-state index in [1.165, 1.54) is 29.4 Å². The maximum Gasteiger partial charge on any atom is 0.387 e. The summed E-state index contributed by atoms with van der Waals surface area (Å²) >= 11 is 0. The van der Waals surface area contributed by atoms with E-state index in [0.29, 0.717) is 16.8 Å². The Hall–Kier alpha value is -3.69. The number of benzene rings is 2. The van der Waals surface area contributed by atoms with Gasteiger partial charge in [0.25, 0.3) is 5.91 Å². The lowest BCUT2D eigenvalue weighted by Gasteiger charge is -2.07. The van der Waals surface area contributed by atoms with Crippen LogP contribution in [0.25, 0.3) is 5.69 Å². The van der Waals surface area contributed by atoms with Crippen LogP contribution >= 0.6 is 0 Å². The molecule has 0 bridgehead atoms. The van der Waals surface area contributed by atoms with Crippen LogP contribution in [-0.2, 0) is 0 Å². The number of halogens is 2. The number of hydrazone groups is 1. The van der Waals surface area contributed by atoms with Crippen molar-refractivity contribution in [3.8, 4) is 11.4 Å². The monoisotopic (exact) mass is 358 g/mol. The van der Waals surface area contributed by atoms with E-state index in [2.05, 4.69) is 30.8 Å². The first kappa shape index (κ1) is 17.1. The van der Waals surface area contributed by atoms with E-state index in [4.69, 9.17) is 0 Å². The van der Waals surface area contributed by atoms with E-state index in [1.807, 2.05) is 0 Å². The molecular weight excluding hydrogens is 346 g/mol. The van der Waals surface area contributed by atoms with Gasteiger partial charge in [0.05, 0.1) is 11.9 Å². The second kappa shape index (κ2) is 7.92. The molecule has 0 spiro atoms. The number of carbonyl (C=O) groups excluding carboxylic acids is 1. The van der Waals surface area contributed by atoms with Crippen LogP contribution in [-0.4, -0.2) is 38.9 Å². The van der Waals surface area contributed by atoms with Gasteiger partial charge >= 0.3 is 6.61 Å². The highest BCUT2D eigenvalue weighted by atomic mass is 19.3. The summed E-state index contributed by atoms with van der Waals surface area (Å²) in [4.78, 5) is 12.1. The lowest BCUT2D eigenvalue weighted by molar-refractivity contribution is -0.0499. The SMILES string of the molecule is O=C(N/N=C/c1ccccc1OC(F)F)c1ccc(-n2cnnn2)cc1. The van der Waals surface area contributed by atoms with E-state index >= 15 is 0 Å². The number of alkyl halides is 2. The number of nitrogens with zero attached hydrogens (tertiary/aromatic N) is 5. The fourth-order valence-corrected chi connectivity index (χ4v) is 2.06. The summed E-state index contributed by atoms with van der Waals surface area (Å²) in [6, 6.07) is 12.6. The van der Waals surface area contributed by atoms with E-state index in [-0.39, 0.29) is 5.75 Å². The minimum Gasteiger partial charge on any atom is -0.434 e. The predicted octanol–water partition coefficient (Wildman–Crippen LogP) is 2.03. The Morgan fingerprint density at radius 3 is 2.65 bits per heavy atom. The molecule has 0 saturated carbocycles. The molecule has 3 aromatic rings. The molecule has 1 amide bonds. The zero-order valence-corrected chi connectivity index (χ0v) is 13.2. The Labute approximate surface area is 146 Å². The quantitative estimate of drug-likeness (QED) is 0.537. The van der Waals surface area contributed by atoms with Crippen molar-refractivity contribution in [3.63, 3.8) is 0 Å². The molecule has 3 rings (SSSR count). The molecule has 0 saturated heterocycles. The fraction of sp³-hybridized carbons (Fsp3) is 0.0625. The number of hydrogen-bond donors (Lipinski definition) is 1. The summed E-state index contributed by atoms with van der Waals surface area (Å²) in [6.07, 6.45) is 2.66. The number of carbonyl (C=O) groups is 1. The van der Waals surface area contributed by atoms with Gasteiger partial charge in [-0.2, -0.15) is 13.9 Å². The van der Waals surface area contributed by atoms with Crippen molar-refractivity contribution < 1.29 is 18.3 Å². The maximum atomic E-state index is 12.4. The normalized spacial score (nSPS) is 11.0. The first-order valence-electron chi connectivity index (χ1n) is 7.34. The van der Waals surface area contributed by atoms with Crippen LogP contribution in [0, 0.1) is 0 Å². The van der Waals surface area contributed by atoms with Crippen molar-refractivity contribution in [2.75, 3.05) is 0 Å². The number of aromatic nitrogens is 4. The van der Waals surface area contributed by atoms with Crippen LogP contribution in [0.4, 0.5) is 8.78 Å². The Kier molecular flexibility index (Phi) is 5.22. The van der Waals surface area contributed by atoms with Crippen LogP contribution in [0.5, 0.6) is 5.75 Å². The smallest absolute Gasteiger partial charge is 0.387 e. The molecule has 1 heterocycles. The standard InChI is InChI=1S/C16H12F2N6O2/c17-16(18)26-14-4-2-1-3-12(14)9-19-21-15(25)11-5-7-13(8-6-11)24-10-20-22-23-24/h1-10,16H,(H,21,25)/b19-9+. The summed E-state index contributed by atoms with van der Waals surface area (Å²) in [5.74, 6) is -0.497.